The number of hydrogen-bond donors (Lipinski definition) is 0. The van der Waals surface area contributed by atoms with Crippen LogP contribution in [0.4, 0.5) is 8.78 Å². The quantitative estimate of drug-likeness (QED) is 0.540. The number of nitrogens with zero attached hydrogens (tertiary/aromatic N) is 6. The lowest BCUT2D eigenvalue weighted by Gasteiger charge is -2.12. The van der Waals surface area contributed by atoms with Crippen LogP contribution in [0.15, 0.2) is 36.9 Å². The Morgan fingerprint density at radius 2 is 2.00 bits per heavy atom. The third-order valence-corrected chi connectivity index (χ3v) is 4.38. The van der Waals surface area contributed by atoms with Crippen molar-refractivity contribution in [2.75, 3.05) is 0 Å². The molecule has 0 saturated heterocycles. The molecule has 0 amide bonds. The Balaban J connectivity index is 1.79. The van der Waals surface area contributed by atoms with Crippen LogP contribution in [-0.2, 0) is 13.0 Å². The van der Waals surface area contributed by atoms with Gasteiger partial charge in [-0.15, -0.1) is 0 Å². The molecule has 138 valence electrons. The second kappa shape index (κ2) is 6.86. The van der Waals surface area contributed by atoms with E-state index in [1.54, 1.807) is 27.8 Å². The summed E-state index contributed by atoms with van der Waals surface area (Å²) in [6.07, 6.45) is 6.65. The fourth-order valence-electron chi connectivity index (χ4n) is 3.20. The molecule has 0 bridgehead atoms. The van der Waals surface area contributed by atoms with Crippen LogP contribution in [0.5, 0.6) is 0 Å². The van der Waals surface area contributed by atoms with E-state index < -0.39 is 11.6 Å². The van der Waals surface area contributed by atoms with Gasteiger partial charge in [0.1, 0.15) is 29.6 Å². The number of aromatic nitrogens is 6. The van der Waals surface area contributed by atoms with E-state index in [1.165, 1.54) is 0 Å². The Kier molecular flexibility index (Phi) is 4.39. The van der Waals surface area contributed by atoms with E-state index in [0.717, 1.165) is 47.9 Å². The molecular formula is C19H18F2N6. The molecule has 0 spiro atoms. The van der Waals surface area contributed by atoms with Crippen LogP contribution in [0.1, 0.15) is 30.4 Å². The first-order chi connectivity index (χ1) is 13.1. The highest BCUT2D eigenvalue weighted by atomic mass is 19.1. The highest BCUT2D eigenvalue weighted by Gasteiger charge is 2.16. The van der Waals surface area contributed by atoms with Crippen molar-refractivity contribution in [1.82, 2.24) is 29.1 Å². The van der Waals surface area contributed by atoms with E-state index in [-0.39, 0.29) is 5.56 Å². The number of benzene rings is 1. The van der Waals surface area contributed by atoms with Gasteiger partial charge in [0.25, 0.3) is 0 Å². The molecule has 3 heterocycles. The van der Waals surface area contributed by atoms with Gasteiger partial charge in [0.2, 0.25) is 0 Å². The molecule has 0 aliphatic carbocycles. The topological polar surface area (TPSA) is 60.9 Å². The second-order valence-corrected chi connectivity index (χ2v) is 6.35. The van der Waals surface area contributed by atoms with E-state index in [0.29, 0.717) is 18.2 Å². The second-order valence-electron chi connectivity index (χ2n) is 6.35. The maximum atomic E-state index is 14.2. The average Bonchev–Trinajstić information content (AvgIpc) is 3.25. The molecule has 4 rings (SSSR count). The Morgan fingerprint density at radius 1 is 1.15 bits per heavy atom. The van der Waals surface area contributed by atoms with Gasteiger partial charge in [0.05, 0.1) is 17.8 Å². The van der Waals surface area contributed by atoms with E-state index in [1.807, 2.05) is 6.92 Å². The van der Waals surface area contributed by atoms with Crippen molar-refractivity contribution in [1.29, 1.82) is 0 Å². The third-order valence-electron chi connectivity index (χ3n) is 4.38. The summed E-state index contributed by atoms with van der Waals surface area (Å²) >= 11 is 0. The molecule has 8 heteroatoms. The Labute approximate surface area is 154 Å². The summed E-state index contributed by atoms with van der Waals surface area (Å²) in [5.74, 6) is 0.00505. The maximum absolute atomic E-state index is 14.2. The van der Waals surface area contributed by atoms with Crippen LogP contribution in [0, 0.1) is 18.6 Å². The third kappa shape index (κ3) is 3.18. The van der Waals surface area contributed by atoms with Gasteiger partial charge in [0.15, 0.2) is 5.65 Å². The molecule has 0 N–H and O–H groups in total. The molecule has 3 aromatic heterocycles. The Hall–Kier alpha value is -3.16. The lowest BCUT2D eigenvalue weighted by atomic mass is 10.1. The minimum atomic E-state index is -0.519. The number of hydrogen-bond acceptors (Lipinski definition) is 4. The van der Waals surface area contributed by atoms with Crippen molar-refractivity contribution < 1.29 is 8.78 Å². The number of imidazole rings is 1. The molecule has 27 heavy (non-hydrogen) atoms. The monoisotopic (exact) mass is 368 g/mol. The van der Waals surface area contributed by atoms with Crippen molar-refractivity contribution in [3.63, 3.8) is 0 Å². The SMILES string of the molecule is CCCc1c(Cn2ccnc2-c2cc(F)ccc2F)ncn2nc(C)nc12. The fraction of sp³-hybridized carbons (Fsp3) is 0.263. The molecule has 6 nitrogen and oxygen atoms in total. The van der Waals surface area contributed by atoms with Gasteiger partial charge in [0, 0.05) is 18.0 Å². The number of fused-ring (bicyclic) bond motifs is 1. The summed E-state index contributed by atoms with van der Waals surface area (Å²) in [4.78, 5) is 13.3. The molecule has 0 aliphatic heterocycles. The van der Waals surface area contributed by atoms with Crippen LogP contribution in [0.3, 0.4) is 0 Å². The minimum absolute atomic E-state index is 0.122. The summed E-state index contributed by atoms with van der Waals surface area (Å²) in [6, 6.07) is 3.35. The lowest BCUT2D eigenvalue weighted by molar-refractivity contribution is 0.600. The van der Waals surface area contributed by atoms with E-state index in [9.17, 15) is 8.78 Å². The minimum Gasteiger partial charge on any atom is -0.325 e. The standard InChI is InChI=1S/C19H18F2N6/c1-3-4-14-17(23-11-27-19(14)24-12(2)25-27)10-26-8-7-22-18(26)15-9-13(20)5-6-16(15)21/h5-9,11H,3-4,10H2,1-2H3. The van der Waals surface area contributed by atoms with Gasteiger partial charge >= 0.3 is 0 Å². The zero-order chi connectivity index (χ0) is 19.0. The van der Waals surface area contributed by atoms with Crippen molar-refractivity contribution in [2.45, 2.75) is 33.2 Å². The van der Waals surface area contributed by atoms with E-state index in [4.69, 9.17) is 0 Å². The molecule has 0 saturated carbocycles. The number of aryl methyl sites for hydroxylation is 2. The van der Waals surface area contributed by atoms with Crippen LogP contribution in [-0.4, -0.2) is 29.1 Å². The van der Waals surface area contributed by atoms with Crippen molar-refractivity contribution in [3.05, 3.63) is 65.6 Å². The number of halogens is 2. The van der Waals surface area contributed by atoms with Gasteiger partial charge < -0.3 is 4.57 Å². The first-order valence-corrected chi connectivity index (χ1v) is 8.73. The van der Waals surface area contributed by atoms with Crippen LogP contribution in [0.2, 0.25) is 0 Å². The van der Waals surface area contributed by atoms with Crippen LogP contribution >= 0.6 is 0 Å². The Morgan fingerprint density at radius 3 is 2.81 bits per heavy atom. The van der Waals surface area contributed by atoms with Gasteiger partial charge in [-0.25, -0.2) is 28.2 Å². The summed E-state index contributed by atoms with van der Waals surface area (Å²) < 4.78 is 31.2. The predicted octanol–water partition coefficient (Wildman–Crippen LogP) is 3.58. The lowest BCUT2D eigenvalue weighted by Crippen LogP contribution is -2.09. The summed E-state index contributed by atoms with van der Waals surface area (Å²) in [7, 11) is 0. The van der Waals surface area contributed by atoms with Crippen LogP contribution < -0.4 is 0 Å². The average molecular weight is 368 g/mol. The first kappa shape index (κ1) is 17.3. The predicted molar refractivity (Wildman–Crippen MR) is 96.2 cm³/mol. The molecule has 0 aliphatic rings. The summed E-state index contributed by atoms with van der Waals surface area (Å²) in [5, 5.41) is 4.31. The van der Waals surface area contributed by atoms with E-state index in [2.05, 4.69) is 27.0 Å². The number of rotatable bonds is 5. The molecule has 0 radical (unpaired) electrons. The van der Waals surface area contributed by atoms with Gasteiger partial charge in [-0.1, -0.05) is 13.3 Å². The highest BCUT2D eigenvalue weighted by Crippen LogP contribution is 2.24. The maximum Gasteiger partial charge on any atom is 0.162 e. The zero-order valence-electron chi connectivity index (χ0n) is 15.0. The summed E-state index contributed by atoms with van der Waals surface area (Å²) in [6.45, 7) is 4.30. The van der Waals surface area contributed by atoms with E-state index >= 15 is 0 Å². The van der Waals surface area contributed by atoms with Gasteiger partial charge in [-0.05, 0) is 31.5 Å². The fourth-order valence-corrected chi connectivity index (χ4v) is 3.20. The molecule has 0 fully saturated rings. The summed E-state index contributed by atoms with van der Waals surface area (Å²) in [5.41, 5.74) is 2.71. The molecule has 4 aromatic rings. The first-order valence-electron chi connectivity index (χ1n) is 8.73. The smallest absolute Gasteiger partial charge is 0.162 e. The zero-order valence-corrected chi connectivity index (χ0v) is 15.0. The van der Waals surface area contributed by atoms with Gasteiger partial charge in [-0.2, -0.15) is 5.10 Å². The van der Waals surface area contributed by atoms with Crippen molar-refractivity contribution >= 4 is 5.65 Å². The molecule has 1 aromatic carbocycles. The molecule has 0 unspecified atom stereocenters. The van der Waals surface area contributed by atoms with Crippen LogP contribution in [0.25, 0.3) is 17.0 Å². The van der Waals surface area contributed by atoms with Gasteiger partial charge in [-0.3, -0.25) is 0 Å². The highest BCUT2D eigenvalue weighted by molar-refractivity contribution is 5.57. The molecule has 0 atom stereocenters. The van der Waals surface area contributed by atoms with Crippen molar-refractivity contribution in [3.8, 4) is 11.4 Å². The van der Waals surface area contributed by atoms with Crippen molar-refractivity contribution in [2.24, 2.45) is 0 Å². The Bertz CT molecular complexity index is 1110. The molecular weight excluding hydrogens is 350 g/mol. The largest absolute Gasteiger partial charge is 0.325 e. The normalized spacial score (nSPS) is 11.4.